The van der Waals surface area contributed by atoms with E-state index in [-0.39, 0.29) is 23.7 Å². The summed E-state index contributed by atoms with van der Waals surface area (Å²) in [5.41, 5.74) is 1.47. The lowest BCUT2D eigenvalue weighted by molar-refractivity contribution is -0.384. The van der Waals surface area contributed by atoms with E-state index in [0.717, 1.165) is 17.2 Å². The monoisotopic (exact) mass is 459 g/mol. The van der Waals surface area contributed by atoms with Gasteiger partial charge in [-0.25, -0.2) is 8.42 Å². The minimum Gasteiger partial charge on any atom is -0.467 e. The summed E-state index contributed by atoms with van der Waals surface area (Å²) in [7, 11) is -4.18. The third-order valence-corrected chi connectivity index (χ3v) is 5.80. The van der Waals surface area contributed by atoms with Crippen LogP contribution in [0.3, 0.4) is 0 Å². The fourth-order valence-corrected chi connectivity index (χ4v) is 3.82. The van der Waals surface area contributed by atoms with Crippen molar-refractivity contribution < 1.29 is 27.3 Å². The highest BCUT2D eigenvalue weighted by Gasteiger charge is 2.22. The van der Waals surface area contributed by atoms with Crippen molar-refractivity contribution in [2.75, 3.05) is 11.9 Å². The third kappa shape index (κ3) is 6.15. The molecule has 0 amide bonds. The van der Waals surface area contributed by atoms with Crippen molar-refractivity contribution in [1.29, 1.82) is 0 Å². The molecule has 0 saturated heterocycles. The fourth-order valence-electron chi connectivity index (χ4n) is 2.83. The van der Waals surface area contributed by atoms with Gasteiger partial charge in [-0.15, -0.1) is 0 Å². The Hall–Kier alpha value is -3.70. The Balaban J connectivity index is 1.62. The SMILES string of the molecule is Cc1cccc(COC(=O)CNS(=O)(=O)c2ccc(NCc3ccco3)c([N+](=O)[O-])c2)c1. The van der Waals surface area contributed by atoms with Gasteiger partial charge in [-0.2, -0.15) is 4.72 Å². The van der Waals surface area contributed by atoms with Gasteiger partial charge in [0, 0.05) is 6.07 Å². The van der Waals surface area contributed by atoms with Crippen LogP contribution < -0.4 is 10.0 Å². The topological polar surface area (TPSA) is 141 Å². The van der Waals surface area contributed by atoms with Crippen LogP contribution in [0.1, 0.15) is 16.9 Å². The molecule has 0 saturated carbocycles. The zero-order valence-corrected chi connectivity index (χ0v) is 17.9. The molecule has 10 nitrogen and oxygen atoms in total. The molecule has 0 radical (unpaired) electrons. The smallest absolute Gasteiger partial charge is 0.321 e. The zero-order chi connectivity index (χ0) is 23.1. The number of ether oxygens (including phenoxy) is 1. The highest BCUT2D eigenvalue weighted by molar-refractivity contribution is 7.89. The Morgan fingerprint density at radius 1 is 1.16 bits per heavy atom. The van der Waals surface area contributed by atoms with E-state index in [1.165, 1.54) is 18.4 Å². The molecular formula is C21H21N3O7S. The molecule has 0 aliphatic carbocycles. The number of nitrogens with one attached hydrogen (secondary N) is 2. The molecule has 0 fully saturated rings. The Bertz CT molecular complexity index is 1210. The van der Waals surface area contributed by atoms with Crippen LogP contribution in [0.5, 0.6) is 0 Å². The van der Waals surface area contributed by atoms with E-state index in [4.69, 9.17) is 9.15 Å². The number of aryl methyl sites for hydroxylation is 1. The van der Waals surface area contributed by atoms with Crippen LogP contribution in [0, 0.1) is 17.0 Å². The second-order valence-corrected chi connectivity index (χ2v) is 8.61. The molecule has 0 unspecified atom stereocenters. The molecule has 1 aromatic heterocycles. The van der Waals surface area contributed by atoms with Crippen LogP contribution in [0.4, 0.5) is 11.4 Å². The second-order valence-electron chi connectivity index (χ2n) is 6.84. The van der Waals surface area contributed by atoms with Crippen LogP contribution >= 0.6 is 0 Å². The normalized spacial score (nSPS) is 11.2. The number of nitro groups is 1. The average molecular weight is 459 g/mol. The van der Waals surface area contributed by atoms with Crippen molar-refractivity contribution in [3.63, 3.8) is 0 Å². The molecular weight excluding hydrogens is 438 g/mol. The number of furan rings is 1. The van der Waals surface area contributed by atoms with Crippen LogP contribution in [0.15, 0.2) is 70.2 Å². The quantitative estimate of drug-likeness (QED) is 0.268. The van der Waals surface area contributed by atoms with Gasteiger partial charge in [0.05, 0.1) is 22.6 Å². The summed E-state index contributed by atoms with van der Waals surface area (Å²) < 4.78 is 37.4. The summed E-state index contributed by atoms with van der Waals surface area (Å²) in [5, 5.41) is 14.3. The van der Waals surface area contributed by atoms with Crippen molar-refractivity contribution in [1.82, 2.24) is 4.72 Å². The first-order valence-corrected chi connectivity index (χ1v) is 11.0. The van der Waals surface area contributed by atoms with E-state index in [1.54, 1.807) is 18.2 Å². The Kier molecular flexibility index (Phi) is 7.23. The maximum absolute atomic E-state index is 12.5. The first-order valence-electron chi connectivity index (χ1n) is 9.50. The molecule has 0 aliphatic heterocycles. The molecule has 11 heteroatoms. The van der Waals surface area contributed by atoms with Crippen molar-refractivity contribution in [2.45, 2.75) is 25.0 Å². The Morgan fingerprint density at radius 2 is 1.97 bits per heavy atom. The molecule has 0 aliphatic rings. The van der Waals surface area contributed by atoms with Gasteiger partial charge in [-0.3, -0.25) is 14.9 Å². The largest absolute Gasteiger partial charge is 0.467 e. The molecule has 1 heterocycles. The van der Waals surface area contributed by atoms with E-state index in [9.17, 15) is 23.3 Å². The van der Waals surface area contributed by atoms with Crippen molar-refractivity contribution >= 4 is 27.4 Å². The van der Waals surface area contributed by atoms with Gasteiger partial charge in [0.25, 0.3) is 5.69 Å². The molecule has 2 aromatic carbocycles. The molecule has 32 heavy (non-hydrogen) atoms. The summed E-state index contributed by atoms with van der Waals surface area (Å²) in [6.07, 6.45) is 1.47. The number of sulfonamides is 1. The fraction of sp³-hybridized carbons (Fsp3) is 0.190. The minimum atomic E-state index is -4.18. The third-order valence-electron chi connectivity index (χ3n) is 4.40. The predicted molar refractivity (Wildman–Crippen MR) is 115 cm³/mol. The van der Waals surface area contributed by atoms with Crippen molar-refractivity contribution in [3.05, 3.63) is 87.9 Å². The summed E-state index contributed by atoms with van der Waals surface area (Å²) >= 11 is 0. The first-order chi connectivity index (χ1) is 15.2. The minimum absolute atomic E-state index is 0.00372. The number of rotatable bonds is 10. The summed E-state index contributed by atoms with van der Waals surface area (Å²) in [5.74, 6) is -0.219. The highest BCUT2D eigenvalue weighted by Crippen LogP contribution is 2.28. The number of nitro benzene ring substituents is 1. The van der Waals surface area contributed by atoms with Gasteiger partial charge in [0.2, 0.25) is 10.0 Å². The second kappa shape index (κ2) is 10.1. The number of hydrogen-bond acceptors (Lipinski definition) is 8. The lowest BCUT2D eigenvalue weighted by atomic mass is 10.1. The van der Waals surface area contributed by atoms with Crippen molar-refractivity contribution in [3.8, 4) is 0 Å². The lowest BCUT2D eigenvalue weighted by Gasteiger charge is -2.10. The number of carbonyl (C=O) groups excluding carboxylic acids is 1. The number of anilines is 1. The summed E-state index contributed by atoms with van der Waals surface area (Å²) in [6.45, 7) is 1.48. The van der Waals surface area contributed by atoms with E-state index >= 15 is 0 Å². The number of nitrogens with zero attached hydrogens (tertiary/aromatic N) is 1. The van der Waals surface area contributed by atoms with Gasteiger partial charge >= 0.3 is 5.97 Å². The van der Waals surface area contributed by atoms with Gasteiger partial charge in [-0.05, 0) is 36.8 Å². The maximum atomic E-state index is 12.5. The first kappa shape index (κ1) is 23.0. The number of hydrogen-bond donors (Lipinski definition) is 2. The summed E-state index contributed by atoms with van der Waals surface area (Å²) in [6, 6.07) is 14.1. The number of carbonyl (C=O) groups is 1. The standard InChI is InChI=1S/C21H21N3O7S/c1-15-4-2-5-16(10-15)14-31-21(25)13-23-32(28,29)18-7-8-19(20(11-18)24(26)27)22-12-17-6-3-9-30-17/h2-11,22-23H,12-14H2,1H3. The van der Waals surface area contributed by atoms with E-state index in [0.29, 0.717) is 5.76 Å². The molecule has 0 atom stereocenters. The Morgan fingerprint density at radius 3 is 2.66 bits per heavy atom. The predicted octanol–water partition coefficient (Wildman–Crippen LogP) is 3.13. The van der Waals surface area contributed by atoms with Gasteiger partial charge < -0.3 is 14.5 Å². The lowest BCUT2D eigenvalue weighted by Crippen LogP contribution is -2.30. The molecule has 168 valence electrons. The zero-order valence-electron chi connectivity index (χ0n) is 17.1. The highest BCUT2D eigenvalue weighted by atomic mass is 32.2. The molecule has 3 aromatic rings. The number of esters is 1. The van der Waals surface area contributed by atoms with Crippen LogP contribution in [-0.2, 0) is 32.7 Å². The van der Waals surface area contributed by atoms with Gasteiger partial charge in [-0.1, -0.05) is 29.8 Å². The average Bonchev–Trinajstić information content (AvgIpc) is 3.28. The van der Waals surface area contributed by atoms with Crippen LogP contribution in [0.25, 0.3) is 0 Å². The molecule has 0 bridgehead atoms. The van der Waals surface area contributed by atoms with E-state index < -0.39 is 33.1 Å². The van der Waals surface area contributed by atoms with Crippen LogP contribution in [0.2, 0.25) is 0 Å². The van der Waals surface area contributed by atoms with Gasteiger partial charge in [0.15, 0.2) is 0 Å². The molecule has 0 spiro atoms. The molecule has 3 rings (SSSR count). The van der Waals surface area contributed by atoms with E-state index in [2.05, 4.69) is 10.0 Å². The van der Waals surface area contributed by atoms with E-state index in [1.807, 2.05) is 25.1 Å². The van der Waals surface area contributed by atoms with Gasteiger partial charge in [0.1, 0.15) is 24.6 Å². The van der Waals surface area contributed by atoms with Crippen LogP contribution in [-0.4, -0.2) is 25.9 Å². The maximum Gasteiger partial charge on any atom is 0.321 e. The van der Waals surface area contributed by atoms with Crippen molar-refractivity contribution in [2.24, 2.45) is 0 Å². The number of benzene rings is 2. The summed E-state index contributed by atoms with van der Waals surface area (Å²) in [4.78, 5) is 22.3. The molecule has 2 N–H and O–H groups in total. The Labute approximate surface area is 184 Å².